The molecule has 1 amide bonds. The predicted molar refractivity (Wildman–Crippen MR) is 102 cm³/mol. The number of para-hydroxylation sites is 1. The zero-order valence-corrected chi connectivity index (χ0v) is 16.0. The number of aryl methyl sites for hydroxylation is 1. The van der Waals surface area contributed by atoms with Crippen LogP contribution in [0.2, 0.25) is 0 Å². The molecule has 144 valence electrons. The van der Waals surface area contributed by atoms with Crippen molar-refractivity contribution >= 4 is 15.7 Å². The number of fused-ring (bicyclic) bond motifs is 2. The fourth-order valence-corrected chi connectivity index (χ4v) is 6.62. The van der Waals surface area contributed by atoms with Gasteiger partial charge in [-0.1, -0.05) is 18.2 Å². The van der Waals surface area contributed by atoms with E-state index in [-0.39, 0.29) is 41.3 Å². The van der Waals surface area contributed by atoms with E-state index in [1.165, 1.54) is 0 Å². The maximum absolute atomic E-state index is 12.8. The van der Waals surface area contributed by atoms with Crippen LogP contribution in [0.25, 0.3) is 5.69 Å². The number of rotatable bonds is 3. The van der Waals surface area contributed by atoms with Crippen LogP contribution in [0.1, 0.15) is 29.0 Å². The van der Waals surface area contributed by atoms with E-state index in [1.807, 2.05) is 37.3 Å². The smallest absolute Gasteiger partial charge is 0.272 e. The maximum Gasteiger partial charge on any atom is 0.272 e. The van der Waals surface area contributed by atoms with Gasteiger partial charge in [-0.2, -0.15) is 5.10 Å². The zero-order chi connectivity index (χ0) is 19.2. The Labute approximate surface area is 158 Å². The van der Waals surface area contributed by atoms with Gasteiger partial charge in [-0.25, -0.2) is 13.1 Å². The van der Waals surface area contributed by atoms with Crippen molar-refractivity contribution < 1.29 is 13.2 Å². The van der Waals surface area contributed by atoms with Gasteiger partial charge in [-0.05, 0) is 49.8 Å². The lowest BCUT2D eigenvalue weighted by Gasteiger charge is -2.44. The Kier molecular flexibility index (Phi) is 4.55. The Balaban J connectivity index is 1.55. The molecule has 4 rings (SSSR count). The van der Waals surface area contributed by atoms with Crippen LogP contribution in [0.4, 0.5) is 0 Å². The normalized spacial score (nSPS) is 29.3. The monoisotopic (exact) mass is 388 g/mol. The van der Waals surface area contributed by atoms with E-state index in [9.17, 15) is 13.2 Å². The molecule has 2 fully saturated rings. The molecular formula is C19H24N4O3S. The van der Waals surface area contributed by atoms with Crippen molar-refractivity contribution in [3.63, 3.8) is 0 Å². The van der Waals surface area contributed by atoms with Gasteiger partial charge in [-0.3, -0.25) is 4.79 Å². The Morgan fingerprint density at radius 3 is 2.44 bits per heavy atom. The molecule has 7 nitrogen and oxygen atoms in total. The fraction of sp³-hybridized carbons (Fsp3) is 0.474. The van der Waals surface area contributed by atoms with Gasteiger partial charge in [0.25, 0.3) is 5.91 Å². The summed E-state index contributed by atoms with van der Waals surface area (Å²) in [5, 5.41) is 7.50. The molecule has 2 aromatic rings. The summed E-state index contributed by atoms with van der Waals surface area (Å²) in [6.45, 7) is 1.90. The van der Waals surface area contributed by atoms with Crippen molar-refractivity contribution in [3.8, 4) is 5.69 Å². The number of benzene rings is 1. The Morgan fingerprint density at radius 1 is 1.19 bits per heavy atom. The number of hydrogen-bond acceptors (Lipinski definition) is 5. The second kappa shape index (κ2) is 6.76. The number of carbonyl (C=O) groups excluding carboxylic acids is 1. The summed E-state index contributed by atoms with van der Waals surface area (Å²) < 4.78 is 25.9. The van der Waals surface area contributed by atoms with Gasteiger partial charge in [0.2, 0.25) is 0 Å². The lowest BCUT2D eigenvalue weighted by molar-refractivity contribution is 0.0861. The predicted octanol–water partition coefficient (Wildman–Crippen LogP) is 1.06. The average Bonchev–Trinajstić information content (AvgIpc) is 2.98. The van der Waals surface area contributed by atoms with Crippen molar-refractivity contribution in [1.82, 2.24) is 15.1 Å². The fourth-order valence-electron chi connectivity index (χ4n) is 4.49. The number of nitrogens with zero attached hydrogens (tertiary/aromatic N) is 2. The standard InChI is InChI=1S/C19H24N4O3S/c1-12-7-17(22-23(12)16-5-3-2-4-6-16)19(24)21-18-13-8-15(20)9-14(18)11-27(25,26)10-13/h2-7,13-15,18H,8-11,20H2,1H3,(H,21,24). The van der Waals surface area contributed by atoms with E-state index in [1.54, 1.807) is 10.7 Å². The molecule has 2 heterocycles. The lowest BCUT2D eigenvalue weighted by atomic mass is 9.75. The first kappa shape index (κ1) is 18.2. The van der Waals surface area contributed by atoms with Gasteiger partial charge < -0.3 is 11.1 Å². The van der Waals surface area contributed by atoms with Crippen LogP contribution in [0.15, 0.2) is 36.4 Å². The van der Waals surface area contributed by atoms with Crippen LogP contribution in [0.3, 0.4) is 0 Å². The molecule has 1 saturated carbocycles. The molecule has 1 aliphatic carbocycles. The SMILES string of the molecule is Cc1cc(C(=O)NC2C3CC(N)CC2CS(=O)(=O)C3)nn1-c1ccccc1. The van der Waals surface area contributed by atoms with Crippen LogP contribution in [-0.2, 0) is 9.84 Å². The van der Waals surface area contributed by atoms with E-state index >= 15 is 0 Å². The average molecular weight is 388 g/mol. The molecule has 2 atom stereocenters. The number of nitrogens with two attached hydrogens (primary N) is 1. The van der Waals surface area contributed by atoms with Crippen LogP contribution in [-0.4, -0.2) is 47.7 Å². The third-order valence-corrected chi connectivity index (χ3v) is 7.45. The molecule has 1 aromatic heterocycles. The summed E-state index contributed by atoms with van der Waals surface area (Å²) in [5.74, 6) is -0.320. The summed E-state index contributed by atoms with van der Waals surface area (Å²) >= 11 is 0. The zero-order valence-electron chi connectivity index (χ0n) is 15.2. The van der Waals surface area contributed by atoms with E-state index in [4.69, 9.17) is 5.73 Å². The molecule has 0 radical (unpaired) electrons. The van der Waals surface area contributed by atoms with E-state index in [0.29, 0.717) is 18.5 Å². The van der Waals surface area contributed by atoms with Crippen molar-refractivity contribution in [2.75, 3.05) is 11.5 Å². The molecule has 2 unspecified atom stereocenters. The third-order valence-electron chi connectivity index (χ3n) is 5.58. The summed E-state index contributed by atoms with van der Waals surface area (Å²) in [6.07, 6.45) is 1.25. The molecule has 8 heteroatoms. The van der Waals surface area contributed by atoms with Gasteiger partial charge >= 0.3 is 0 Å². The minimum Gasteiger partial charge on any atom is -0.347 e. The summed E-state index contributed by atoms with van der Waals surface area (Å²) in [7, 11) is -3.06. The number of sulfone groups is 1. The number of carbonyl (C=O) groups is 1. The second-order valence-corrected chi connectivity index (χ2v) is 9.90. The van der Waals surface area contributed by atoms with Crippen LogP contribution < -0.4 is 11.1 Å². The van der Waals surface area contributed by atoms with Crippen LogP contribution in [0, 0.1) is 18.8 Å². The third kappa shape index (κ3) is 3.64. The Hall–Kier alpha value is -2.19. The molecule has 2 aliphatic rings. The van der Waals surface area contributed by atoms with Gasteiger partial charge in [0.05, 0.1) is 17.2 Å². The van der Waals surface area contributed by atoms with Gasteiger partial charge in [0.1, 0.15) is 0 Å². The highest BCUT2D eigenvalue weighted by Crippen LogP contribution is 2.36. The topological polar surface area (TPSA) is 107 Å². The van der Waals surface area contributed by atoms with Crippen LogP contribution >= 0.6 is 0 Å². The minimum atomic E-state index is -3.06. The second-order valence-electron chi connectivity index (χ2n) is 7.75. The molecule has 2 bridgehead atoms. The molecule has 27 heavy (non-hydrogen) atoms. The Bertz CT molecular complexity index is 933. The minimum absolute atomic E-state index is 0.00295. The highest BCUT2D eigenvalue weighted by molar-refractivity contribution is 7.91. The number of nitrogens with one attached hydrogen (secondary N) is 1. The lowest BCUT2D eigenvalue weighted by Crippen LogP contribution is -2.58. The summed E-state index contributed by atoms with van der Waals surface area (Å²) in [4.78, 5) is 12.8. The van der Waals surface area contributed by atoms with Crippen molar-refractivity contribution in [2.45, 2.75) is 31.8 Å². The van der Waals surface area contributed by atoms with Crippen molar-refractivity contribution in [1.29, 1.82) is 0 Å². The van der Waals surface area contributed by atoms with Gasteiger partial charge in [-0.15, -0.1) is 0 Å². The molecule has 0 spiro atoms. The van der Waals surface area contributed by atoms with E-state index < -0.39 is 9.84 Å². The number of aromatic nitrogens is 2. The van der Waals surface area contributed by atoms with E-state index in [2.05, 4.69) is 10.4 Å². The summed E-state index contributed by atoms with van der Waals surface area (Å²) in [5.41, 5.74) is 8.17. The molecule has 1 aliphatic heterocycles. The number of hydrogen-bond donors (Lipinski definition) is 2. The molecular weight excluding hydrogens is 364 g/mol. The first-order valence-electron chi connectivity index (χ1n) is 9.21. The first-order chi connectivity index (χ1) is 12.8. The quantitative estimate of drug-likeness (QED) is 0.818. The van der Waals surface area contributed by atoms with Gasteiger partial charge in [0.15, 0.2) is 15.5 Å². The number of amides is 1. The highest BCUT2D eigenvalue weighted by atomic mass is 32.2. The summed E-state index contributed by atoms with van der Waals surface area (Å²) in [6, 6.07) is 11.2. The Morgan fingerprint density at radius 2 is 1.81 bits per heavy atom. The van der Waals surface area contributed by atoms with E-state index in [0.717, 1.165) is 11.4 Å². The molecule has 1 saturated heterocycles. The largest absolute Gasteiger partial charge is 0.347 e. The first-order valence-corrected chi connectivity index (χ1v) is 11.0. The van der Waals surface area contributed by atoms with Gasteiger partial charge in [0, 0.05) is 17.8 Å². The highest BCUT2D eigenvalue weighted by Gasteiger charge is 2.45. The van der Waals surface area contributed by atoms with Crippen LogP contribution in [0.5, 0.6) is 0 Å². The molecule has 1 aromatic carbocycles. The van der Waals surface area contributed by atoms with Crippen molar-refractivity contribution in [3.05, 3.63) is 47.8 Å². The van der Waals surface area contributed by atoms with Crippen molar-refractivity contribution in [2.24, 2.45) is 17.6 Å². The maximum atomic E-state index is 12.8. The molecule has 3 N–H and O–H groups in total.